The Bertz CT molecular complexity index is 620. The third kappa shape index (κ3) is 2.65. The van der Waals surface area contributed by atoms with E-state index in [0.29, 0.717) is 11.3 Å². The molecule has 0 unspecified atom stereocenters. The van der Waals surface area contributed by atoms with E-state index < -0.39 is 5.82 Å². The molecule has 2 aromatic rings. The summed E-state index contributed by atoms with van der Waals surface area (Å²) < 4.78 is 13.7. The van der Waals surface area contributed by atoms with Crippen molar-refractivity contribution in [1.82, 2.24) is 0 Å². The molecule has 2 nitrogen and oxygen atoms in total. The van der Waals surface area contributed by atoms with Crippen LogP contribution in [0.3, 0.4) is 0 Å². The highest BCUT2D eigenvalue weighted by atomic mass is 19.1. The summed E-state index contributed by atoms with van der Waals surface area (Å²) in [7, 11) is 0. The number of hydrogen-bond donors (Lipinski definition) is 1. The van der Waals surface area contributed by atoms with Crippen LogP contribution in [0.15, 0.2) is 42.5 Å². The minimum Gasteiger partial charge on any atom is -0.398 e. The minimum atomic E-state index is -0.526. The molecule has 0 fully saturated rings. The molecule has 3 heteroatoms. The first-order valence-electron chi connectivity index (χ1n) is 6.19. The number of nitrogens with two attached hydrogens (primary N) is 1. The molecule has 0 aromatic heterocycles. The molecular weight excluding hydrogens is 241 g/mol. The van der Waals surface area contributed by atoms with Gasteiger partial charge in [-0.25, -0.2) is 4.39 Å². The summed E-state index contributed by atoms with van der Waals surface area (Å²) in [5.74, 6) is -0.618. The van der Waals surface area contributed by atoms with E-state index in [9.17, 15) is 9.18 Å². The molecule has 2 aromatic carbocycles. The van der Waals surface area contributed by atoms with Gasteiger partial charge in [0, 0.05) is 11.3 Å². The molecule has 0 aliphatic carbocycles. The van der Waals surface area contributed by atoms with Crippen LogP contribution >= 0.6 is 0 Å². The molecule has 0 aliphatic rings. The lowest BCUT2D eigenvalue weighted by atomic mass is 9.95. The highest BCUT2D eigenvalue weighted by Crippen LogP contribution is 2.23. The summed E-state index contributed by atoms with van der Waals surface area (Å²) in [6, 6.07) is 11.3. The topological polar surface area (TPSA) is 43.1 Å². The second kappa shape index (κ2) is 5.22. The van der Waals surface area contributed by atoms with Gasteiger partial charge in [-0.2, -0.15) is 0 Å². The maximum absolute atomic E-state index is 13.7. The van der Waals surface area contributed by atoms with Gasteiger partial charge in [-0.05, 0) is 35.7 Å². The first kappa shape index (κ1) is 13.3. The Kier molecular flexibility index (Phi) is 3.65. The number of nitrogen functional groups attached to an aromatic ring is 1. The Morgan fingerprint density at radius 1 is 1.11 bits per heavy atom. The molecular formula is C16H16FNO. The maximum Gasteiger partial charge on any atom is 0.198 e. The Hall–Kier alpha value is -2.16. The van der Waals surface area contributed by atoms with Crippen molar-refractivity contribution >= 4 is 11.5 Å². The lowest BCUT2D eigenvalue weighted by Gasteiger charge is -2.10. The van der Waals surface area contributed by atoms with Gasteiger partial charge in [-0.15, -0.1) is 0 Å². The number of rotatable bonds is 3. The summed E-state index contributed by atoms with van der Waals surface area (Å²) in [5.41, 5.74) is 7.62. The van der Waals surface area contributed by atoms with Gasteiger partial charge in [-0.3, -0.25) is 4.79 Å². The zero-order valence-electron chi connectivity index (χ0n) is 11.0. The van der Waals surface area contributed by atoms with Crippen LogP contribution in [0, 0.1) is 5.82 Å². The van der Waals surface area contributed by atoms with Crippen LogP contribution in [0.1, 0.15) is 41.3 Å². The van der Waals surface area contributed by atoms with Crippen LogP contribution in [0.2, 0.25) is 0 Å². The first-order valence-corrected chi connectivity index (χ1v) is 6.19. The second-order valence-electron chi connectivity index (χ2n) is 4.81. The van der Waals surface area contributed by atoms with Crippen molar-refractivity contribution in [3.05, 3.63) is 65.0 Å². The first-order chi connectivity index (χ1) is 9.00. The summed E-state index contributed by atoms with van der Waals surface area (Å²) in [4.78, 5) is 12.3. The molecule has 2 N–H and O–H groups in total. The van der Waals surface area contributed by atoms with E-state index in [1.165, 1.54) is 12.1 Å². The van der Waals surface area contributed by atoms with Gasteiger partial charge in [-0.1, -0.05) is 32.0 Å². The van der Waals surface area contributed by atoms with Crippen molar-refractivity contribution in [3.8, 4) is 0 Å². The smallest absolute Gasteiger partial charge is 0.198 e. The van der Waals surface area contributed by atoms with Crippen LogP contribution in [0.5, 0.6) is 0 Å². The van der Waals surface area contributed by atoms with Gasteiger partial charge in [0.25, 0.3) is 0 Å². The SMILES string of the molecule is CC(C)c1ccc(N)c(C(=O)c2ccccc2F)c1. The highest BCUT2D eigenvalue weighted by Gasteiger charge is 2.17. The number of ketones is 1. The van der Waals surface area contributed by atoms with Crippen LogP contribution in [-0.2, 0) is 0 Å². The Labute approximate surface area is 112 Å². The molecule has 0 atom stereocenters. The average Bonchev–Trinajstić information content (AvgIpc) is 2.38. The van der Waals surface area contributed by atoms with E-state index in [2.05, 4.69) is 0 Å². The lowest BCUT2D eigenvalue weighted by molar-refractivity contribution is 0.103. The molecule has 0 heterocycles. The second-order valence-corrected chi connectivity index (χ2v) is 4.81. The average molecular weight is 257 g/mol. The third-order valence-electron chi connectivity index (χ3n) is 3.11. The van der Waals surface area contributed by atoms with Gasteiger partial charge in [0.2, 0.25) is 0 Å². The number of hydrogen-bond acceptors (Lipinski definition) is 2. The van der Waals surface area contributed by atoms with Crippen molar-refractivity contribution in [2.45, 2.75) is 19.8 Å². The summed E-state index contributed by atoms with van der Waals surface area (Å²) in [5, 5.41) is 0. The van der Waals surface area contributed by atoms with E-state index in [4.69, 9.17) is 5.73 Å². The normalized spacial score (nSPS) is 10.7. The monoisotopic (exact) mass is 257 g/mol. The number of carbonyl (C=O) groups is 1. The fourth-order valence-corrected chi connectivity index (χ4v) is 1.92. The van der Waals surface area contributed by atoms with Gasteiger partial charge >= 0.3 is 0 Å². The predicted octanol–water partition coefficient (Wildman–Crippen LogP) is 3.76. The van der Waals surface area contributed by atoms with Crippen molar-refractivity contribution in [2.24, 2.45) is 0 Å². The van der Waals surface area contributed by atoms with Gasteiger partial charge < -0.3 is 5.73 Å². The summed E-state index contributed by atoms with van der Waals surface area (Å²) >= 11 is 0. The quantitative estimate of drug-likeness (QED) is 0.672. The van der Waals surface area contributed by atoms with E-state index in [0.717, 1.165) is 5.56 Å². The van der Waals surface area contributed by atoms with E-state index in [1.54, 1.807) is 24.3 Å². The molecule has 0 bridgehead atoms. The van der Waals surface area contributed by atoms with Crippen LogP contribution < -0.4 is 5.73 Å². The van der Waals surface area contributed by atoms with Gasteiger partial charge in [0.1, 0.15) is 5.82 Å². The van der Waals surface area contributed by atoms with Gasteiger partial charge in [0.05, 0.1) is 5.56 Å². The molecule has 0 saturated carbocycles. The van der Waals surface area contributed by atoms with E-state index in [1.807, 2.05) is 19.9 Å². The van der Waals surface area contributed by atoms with Crippen molar-refractivity contribution in [3.63, 3.8) is 0 Å². The molecule has 0 radical (unpaired) electrons. The predicted molar refractivity (Wildman–Crippen MR) is 74.8 cm³/mol. The summed E-state index contributed by atoms with van der Waals surface area (Å²) in [6.07, 6.45) is 0. The fourth-order valence-electron chi connectivity index (χ4n) is 1.92. The maximum atomic E-state index is 13.7. The van der Waals surface area contributed by atoms with Crippen LogP contribution in [0.4, 0.5) is 10.1 Å². The molecule has 98 valence electrons. The van der Waals surface area contributed by atoms with Gasteiger partial charge in [0.15, 0.2) is 5.78 Å². The molecule has 0 aliphatic heterocycles. The number of anilines is 1. The molecule has 0 saturated heterocycles. The fraction of sp³-hybridized carbons (Fsp3) is 0.188. The molecule has 0 amide bonds. The van der Waals surface area contributed by atoms with Crippen molar-refractivity contribution < 1.29 is 9.18 Å². The number of halogens is 1. The highest BCUT2D eigenvalue weighted by molar-refractivity contribution is 6.12. The largest absolute Gasteiger partial charge is 0.398 e. The molecule has 2 rings (SSSR count). The van der Waals surface area contributed by atoms with E-state index in [-0.39, 0.29) is 17.3 Å². The standard InChI is InChI=1S/C16H16FNO/c1-10(2)11-7-8-15(18)13(9-11)16(19)12-5-3-4-6-14(12)17/h3-10H,18H2,1-2H3. The van der Waals surface area contributed by atoms with Crippen LogP contribution in [-0.4, -0.2) is 5.78 Å². The lowest BCUT2D eigenvalue weighted by Crippen LogP contribution is -2.08. The molecule has 0 spiro atoms. The minimum absolute atomic E-state index is 0.0510. The Balaban J connectivity index is 2.50. The third-order valence-corrected chi connectivity index (χ3v) is 3.11. The van der Waals surface area contributed by atoms with Crippen molar-refractivity contribution in [1.29, 1.82) is 0 Å². The van der Waals surface area contributed by atoms with Crippen molar-refractivity contribution in [2.75, 3.05) is 5.73 Å². The zero-order valence-corrected chi connectivity index (χ0v) is 11.0. The van der Waals surface area contributed by atoms with E-state index >= 15 is 0 Å². The van der Waals surface area contributed by atoms with Crippen LogP contribution in [0.25, 0.3) is 0 Å². The number of carbonyl (C=O) groups excluding carboxylic acids is 1. The zero-order chi connectivity index (χ0) is 14.0. The Morgan fingerprint density at radius 3 is 2.42 bits per heavy atom. The number of benzene rings is 2. The summed E-state index contributed by atoms with van der Waals surface area (Å²) in [6.45, 7) is 4.06. The Morgan fingerprint density at radius 2 is 1.79 bits per heavy atom. The molecule has 19 heavy (non-hydrogen) atoms.